The molecule has 0 atom stereocenters. The van der Waals surface area contributed by atoms with Crippen LogP contribution in [0.1, 0.15) is 48.0 Å². The van der Waals surface area contributed by atoms with Crippen LogP contribution in [0.3, 0.4) is 0 Å². The lowest BCUT2D eigenvalue weighted by atomic mass is 9.82. The first-order chi connectivity index (χ1) is 9.06. The Morgan fingerprint density at radius 3 is 2.63 bits per heavy atom. The van der Waals surface area contributed by atoms with Gasteiger partial charge in [0.05, 0.1) is 6.07 Å². The van der Waals surface area contributed by atoms with Gasteiger partial charge in [-0.25, -0.2) is 4.39 Å². The number of hydrogen-bond donors (Lipinski definition) is 1. The number of nitrogens with one attached hydrogen (secondary N) is 1. The number of carbonyl (C=O) groups is 1. The van der Waals surface area contributed by atoms with Crippen molar-refractivity contribution in [3.05, 3.63) is 35.1 Å². The zero-order valence-corrected chi connectivity index (χ0v) is 11.0. The number of nitrogens with zero attached hydrogens (tertiary/aromatic N) is 1. The number of hydrogen-bond acceptors (Lipinski definition) is 2. The molecule has 0 saturated heterocycles. The second-order valence-electron chi connectivity index (χ2n) is 5.17. The lowest BCUT2D eigenvalue weighted by molar-refractivity contribution is 0.0902. The minimum absolute atomic E-state index is 0.267. The minimum atomic E-state index is -0.781. The van der Waals surface area contributed by atoms with Crippen LogP contribution < -0.4 is 5.32 Å². The Bertz CT molecular complexity index is 527. The fourth-order valence-electron chi connectivity index (χ4n) is 2.44. The quantitative estimate of drug-likeness (QED) is 0.888. The zero-order valence-electron chi connectivity index (χ0n) is 11.0. The molecule has 1 aromatic rings. The van der Waals surface area contributed by atoms with E-state index >= 15 is 0 Å². The Labute approximate surface area is 112 Å². The van der Waals surface area contributed by atoms with Crippen LogP contribution >= 0.6 is 0 Å². The standard InChI is InChI=1S/C15H17FN2O/c1-11-5-6-12(9-13(11)16)14(19)18-15(10-17)7-3-2-4-8-15/h5-6,9H,2-4,7-8H2,1H3,(H,18,19). The lowest BCUT2D eigenvalue weighted by Gasteiger charge is -2.31. The molecular formula is C15H17FN2O. The number of carbonyl (C=O) groups excluding carboxylic acids is 1. The highest BCUT2D eigenvalue weighted by atomic mass is 19.1. The molecule has 0 radical (unpaired) electrons. The van der Waals surface area contributed by atoms with Crippen LogP contribution in [0.15, 0.2) is 18.2 Å². The molecule has 0 unspecified atom stereocenters. The SMILES string of the molecule is Cc1ccc(C(=O)NC2(C#N)CCCCC2)cc1F. The highest BCUT2D eigenvalue weighted by Gasteiger charge is 2.33. The molecule has 0 aromatic heterocycles. The molecule has 19 heavy (non-hydrogen) atoms. The molecule has 2 rings (SSSR count). The Balaban J connectivity index is 2.15. The minimum Gasteiger partial charge on any atom is -0.334 e. The highest BCUT2D eigenvalue weighted by Crippen LogP contribution is 2.28. The van der Waals surface area contributed by atoms with E-state index in [1.807, 2.05) is 0 Å². The van der Waals surface area contributed by atoms with E-state index in [0.717, 1.165) is 19.3 Å². The van der Waals surface area contributed by atoms with Gasteiger partial charge in [-0.1, -0.05) is 25.3 Å². The van der Waals surface area contributed by atoms with Gasteiger partial charge in [-0.2, -0.15) is 5.26 Å². The van der Waals surface area contributed by atoms with E-state index in [9.17, 15) is 14.4 Å². The van der Waals surface area contributed by atoms with Gasteiger partial charge in [-0.3, -0.25) is 4.79 Å². The molecule has 100 valence electrons. The third-order valence-corrected chi connectivity index (χ3v) is 3.71. The summed E-state index contributed by atoms with van der Waals surface area (Å²) >= 11 is 0. The van der Waals surface area contributed by atoms with Gasteiger partial charge < -0.3 is 5.32 Å². The summed E-state index contributed by atoms with van der Waals surface area (Å²) in [6, 6.07) is 6.60. The average Bonchev–Trinajstić information content (AvgIpc) is 2.43. The molecule has 3 nitrogen and oxygen atoms in total. The van der Waals surface area contributed by atoms with Crippen molar-refractivity contribution in [2.24, 2.45) is 0 Å². The highest BCUT2D eigenvalue weighted by molar-refractivity contribution is 5.95. The van der Waals surface area contributed by atoms with Gasteiger partial charge in [0.1, 0.15) is 11.4 Å². The molecule has 0 bridgehead atoms. The molecule has 1 fully saturated rings. The van der Waals surface area contributed by atoms with E-state index in [1.165, 1.54) is 6.07 Å². The largest absolute Gasteiger partial charge is 0.334 e. The molecule has 0 spiro atoms. The van der Waals surface area contributed by atoms with Gasteiger partial charge in [0, 0.05) is 5.56 Å². The third kappa shape index (κ3) is 2.93. The predicted octanol–water partition coefficient (Wildman–Crippen LogP) is 3.09. The van der Waals surface area contributed by atoms with Crippen molar-refractivity contribution in [1.29, 1.82) is 5.26 Å². The topological polar surface area (TPSA) is 52.9 Å². The van der Waals surface area contributed by atoms with E-state index in [4.69, 9.17) is 0 Å². The number of aryl methyl sites for hydroxylation is 1. The predicted molar refractivity (Wildman–Crippen MR) is 70.0 cm³/mol. The van der Waals surface area contributed by atoms with Crippen molar-refractivity contribution in [3.8, 4) is 6.07 Å². The Morgan fingerprint density at radius 1 is 1.37 bits per heavy atom. The van der Waals surface area contributed by atoms with Gasteiger partial charge in [-0.15, -0.1) is 0 Å². The van der Waals surface area contributed by atoms with Crippen LogP contribution in [0.25, 0.3) is 0 Å². The fraction of sp³-hybridized carbons (Fsp3) is 0.467. The summed E-state index contributed by atoms with van der Waals surface area (Å²) in [4.78, 5) is 12.1. The van der Waals surface area contributed by atoms with Crippen molar-refractivity contribution >= 4 is 5.91 Å². The second-order valence-corrected chi connectivity index (χ2v) is 5.17. The lowest BCUT2D eigenvalue weighted by Crippen LogP contribution is -2.48. The summed E-state index contributed by atoms with van der Waals surface area (Å²) in [5.74, 6) is -0.773. The van der Waals surface area contributed by atoms with Gasteiger partial charge >= 0.3 is 0 Å². The molecule has 0 heterocycles. The molecule has 1 N–H and O–H groups in total. The molecule has 4 heteroatoms. The number of rotatable bonds is 2. The number of amides is 1. The van der Waals surface area contributed by atoms with Crippen LogP contribution in [0.2, 0.25) is 0 Å². The number of halogens is 1. The van der Waals surface area contributed by atoms with Crippen LogP contribution in [0.4, 0.5) is 4.39 Å². The van der Waals surface area contributed by atoms with Crippen molar-refractivity contribution in [2.75, 3.05) is 0 Å². The third-order valence-electron chi connectivity index (χ3n) is 3.71. The van der Waals surface area contributed by atoms with Gasteiger partial charge in [0.15, 0.2) is 0 Å². The number of benzene rings is 1. The molecule has 1 amide bonds. The maximum atomic E-state index is 13.5. The van der Waals surface area contributed by atoms with Crippen molar-refractivity contribution in [2.45, 2.75) is 44.6 Å². The molecule has 1 saturated carbocycles. The van der Waals surface area contributed by atoms with Gasteiger partial charge in [-0.05, 0) is 37.5 Å². The van der Waals surface area contributed by atoms with E-state index in [-0.39, 0.29) is 11.5 Å². The van der Waals surface area contributed by atoms with Crippen molar-refractivity contribution in [1.82, 2.24) is 5.32 Å². The molecule has 1 aliphatic rings. The van der Waals surface area contributed by atoms with E-state index < -0.39 is 11.4 Å². The summed E-state index contributed by atoms with van der Waals surface area (Å²) in [6.07, 6.45) is 4.32. The van der Waals surface area contributed by atoms with E-state index in [0.29, 0.717) is 18.4 Å². The van der Waals surface area contributed by atoms with Crippen LogP contribution in [-0.2, 0) is 0 Å². The molecule has 0 aliphatic heterocycles. The monoisotopic (exact) mass is 260 g/mol. The first-order valence-corrected chi connectivity index (χ1v) is 6.56. The Kier molecular flexibility index (Phi) is 3.84. The zero-order chi connectivity index (χ0) is 13.9. The summed E-state index contributed by atoms with van der Waals surface area (Å²) < 4.78 is 13.5. The van der Waals surface area contributed by atoms with Crippen LogP contribution in [-0.4, -0.2) is 11.4 Å². The van der Waals surface area contributed by atoms with Gasteiger partial charge in [0.25, 0.3) is 5.91 Å². The fourth-order valence-corrected chi connectivity index (χ4v) is 2.44. The maximum Gasteiger partial charge on any atom is 0.252 e. The number of nitriles is 1. The van der Waals surface area contributed by atoms with Crippen LogP contribution in [0, 0.1) is 24.1 Å². The molecule has 1 aliphatic carbocycles. The first-order valence-electron chi connectivity index (χ1n) is 6.56. The normalized spacial score (nSPS) is 17.5. The summed E-state index contributed by atoms with van der Waals surface area (Å²) in [5.41, 5.74) is -0.0102. The first kappa shape index (κ1) is 13.5. The van der Waals surface area contributed by atoms with Crippen molar-refractivity contribution < 1.29 is 9.18 Å². The molecule has 1 aromatic carbocycles. The second kappa shape index (κ2) is 5.40. The van der Waals surface area contributed by atoms with Crippen LogP contribution in [0.5, 0.6) is 0 Å². The summed E-state index contributed by atoms with van der Waals surface area (Å²) in [7, 11) is 0. The maximum absolute atomic E-state index is 13.5. The van der Waals surface area contributed by atoms with Crippen molar-refractivity contribution in [3.63, 3.8) is 0 Å². The molecular weight excluding hydrogens is 243 g/mol. The van der Waals surface area contributed by atoms with Gasteiger partial charge in [0.2, 0.25) is 0 Å². The summed E-state index contributed by atoms with van der Waals surface area (Å²) in [5, 5.41) is 12.1. The Hall–Kier alpha value is -1.89. The van der Waals surface area contributed by atoms with E-state index in [2.05, 4.69) is 11.4 Å². The Morgan fingerprint density at radius 2 is 2.05 bits per heavy atom. The van der Waals surface area contributed by atoms with E-state index in [1.54, 1.807) is 19.1 Å². The summed E-state index contributed by atoms with van der Waals surface area (Å²) in [6.45, 7) is 1.65. The smallest absolute Gasteiger partial charge is 0.252 e. The average molecular weight is 260 g/mol.